The van der Waals surface area contributed by atoms with Gasteiger partial charge < -0.3 is 0 Å². The first-order valence-corrected chi connectivity index (χ1v) is 12.6. The summed E-state index contributed by atoms with van der Waals surface area (Å²) in [5, 5.41) is 3.93. The number of fused-ring (bicyclic) bond motifs is 6. The van der Waals surface area contributed by atoms with E-state index in [2.05, 4.69) is 114 Å². The molecule has 0 N–H and O–H groups in total. The summed E-state index contributed by atoms with van der Waals surface area (Å²) in [5.74, 6) is 0.475. The summed E-state index contributed by atoms with van der Waals surface area (Å²) < 4.78 is 2.42. The van der Waals surface area contributed by atoms with Gasteiger partial charge in [-0.1, -0.05) is 77.1 Å². The fraction of sp³-hybridized carbons (Fsp3) is 0.344. The molecule has 174 valence electrons. The Hall–Kier alpha value is -3.13. The molecule has 2 nitrogen and oxygen atoms in total. The summed E-state index contributed by atoms with van der Waals surface area (Å²) in [6.45, 7) is 16.0. The molecule has 0 bridgehead atoms. The molecule has 0 aliphatic heterocycles. The van der Waals surface area contributed by atoms with Gasteiger partial charge in [0.05, 0.1) is 17.4 Å². The molecule has 0 spiro atoms. The van der Waals surface area contributed by atoms with Crippen molar-refractivity contribution in [2.45, 2.75) is 67.2 Å². The Morgan fingerprint density at radius 2 is 1.62 bits per heavy atom. The van der Waals surface area contributed by atoms with Gasteiger partial charge in [0.1, 0.15) is 5.65 Å². The number of nitrogens with zero attached hydrogens (tertiary/aromatic N) is 2. The standard InChI is InChI=1S/C32H36N2/c1-8-20(2)24-13-10-14-25-26-17-23(18-32(5,6)7)15-16-27(26)34-28(19-33-31(34)30(24)25)29-21(3)11-9-12-22(29)4/h9-17,19-20H,8,18H2,1-7H3. The van der Waals surface area contributed by atoms with Gasteiger partial charge in [-0.15, -0.1) is 0 Å². The normalized spacial score (nSPS) is 13.3. The summed E-state index contributed by atoms with van der Waals surface area (Å²) >= 11 is 0. The first kappa shape index (κ1) is 22.7. The van der Waals surface area contributed by atoms with E-state index in [0.717, 1.165) is 18.5 Å². The highest BCUT2D eigenvalue weighted by atomic mass is 15.0. The monoisotopic (exact) mass is 448 g/mol. The highest BCUT2D eigenvalue weighted by molar-refractivity contribution is 6.14. The van der Waals surface area contributed by atoms with Crippen molar-refractivity contribution in [3.63, 3.8) is 0 Å². The molecule has 34 heavy (non-hydrogen) atoms. The fourth-order valence-electron chi connectivity index (χ4n) is 5.56. The van der Waals surface area contributed by atoms with E-state index < -0.39 is 0 Å². The number of aryl methyl sites for hydroxylation is 2. The first-order valence-electron chi connectivity index (χ1n) is 12.6. The molecule has 2 heteroatoms. The van der Waals surface area contributed by atoms with Crippen LogP contribution in [-0.4, -0.2) is 9.38 Å². The highest BCUT2D eigenvalue weighted by Gasteiger charge is 2.20. The van der Waals surface area contributed by atoms with Crippen LogP contribution in [0.5, 0.6) is 0 Å². The fourth-order valence-corrected chi connectivity index (χ4v) is 5.56. The van der Waals surface area contributed by atoms with Crippen LogP contribution in [0.15, 0.2) is 60.8 Å². The Morgan fingerprint density at radius 3 is 2.29 bits per heavy atom. The largest absolute Gasteiger partial charge is 0.292 e. The van der Waals surface area contributed by atoms with E-state index >= 15 is 0 Å². The van der Waals surface area contributed by atoms with Gasteiger partial charge in [-0.25, -0.2) is 4.98 Å². The zero-order valence-corrected chi connectivity index (χ0v) is 21.7. The maximum absolute atomic E-state index is 5.08. The molecule has 0 aliphatic carbocycles. The molecule has 0 fully saturated rings. The molecule has 0 saturated heterocycles. The lowest BCUT2D eigenvalue weighted by atomic mass is 9.87. The van der Waals surface area contributed by atoms with E-state index in [1.165, 1.54) is 55.2 Å². The minimum atomic E-state index is 0.244. The number of hydrogen-bond donors (Lipinski definition) is 0. The highest BCUT2D eigenvalue weighted by Crippen LogP contribution is 2.39. The molecule has 3 aromatic carbocycles. The van der Waals surface area contributed by atoms with Crippen molar-refractivity contribution in [3.05, 3.63) is 83.0 Å². The van der Waals surface area contributed by atoms with E-state index in [-0.39, 0.29) is 5.41 Å². The lowest BCUT2D eigenvalue weighted by Crippen LogP contribution is -2.09. The van der Waals surface area contributed by atoms with Crippen LogP contribution in [0.2, 0.25) is 0 Å². The molecule has 5 rings (SSSR count). The zero-order chi connectivity index (χ0) is 24.2. The van der Waals surface area contributed by atoms with Crippen molar-refractivity contribution in [2.75, 3.05) is 0 Å². The molecular formula is C32H36N2. The van der Waals surface area contributed by atoms with Gasteiger partial charge in [-0.2, -0.15) is 0 Å². The molecule has 0 amide bonds. The Labute approximate surface area is 203 Å². The molecular weight excluding hydrogens is 412 g/mol. The molecule has 0 radical (unpaired) electrons. The van der Waals surface area contributed by atoms with Gasteiger partial charge in [-0.3, -0.25) is 4.40 Å². The van der Waals surface area contributed by atoms with E-state index in [1.54, 1.807) is 0 Å². The zero-order valence-electron chi connectivity index (χ0n) is 21.7. The second kappa shape index (κ2) is 8.27. The number of rotatable bonds is 4. The van der Waals surface area contributed by atoms with E-state index in [4.69, 9.17) is 4.98 Å². The van der Waals surface area contributed by atoms with Crippen LogP contribution < -0.4 is 0 Å². The van der Waals surface area contributed by atoms with Gasteiger partial charge in [0, 0.05) is 16.3 Å². The average Bonchev–Trinajstić information content (AvgIpc) is 3.22. The van der Waals surface area contributed by atoms with Crippen LogP contribution >= 0.6 is 0 Å². The molecule has 0 saturated carbocycles. The lowest BCUT2D eigenvalue weighted by Gasteiger charge is -2.20. The smallest absolute Gasteiger partial charge is 0.145 e. The molecule has 0 aliphatic rings. The summed E-state index contributed by atoms with van der Waals surface area (Å²) in [7, 11) is 0. The van der Waals surface area contributed by atoms with Crippen LogP contribution in [0, 0.1) is 19.3 Å². The second-order valence-electron chi connectivity index (χ2n) is 11.2. The minimum Gasteiger partial charge on any atom is -0.292 e. The number of aromatic nitrogens is 2. The maximum atomic E-state index is 5.08. The Kier molecular flexibility index (Phi) is 5.51. The first-order chi connectivity index (χ1) is 16.2. The minimum absolute atomic E-state index is 0.244. The lowest BCUT2D eigenvalue weighted by molar-refractivity contribution is 0.411. The third-order valence-electron chi connectivity index (χ3n) is 7.29. The van der Waals surface area contributed by atoms with Crippen molar-refractivity contribution in [3.8, 4) is 11.3 Å². The van der Waals surface area contributed by atoms with Crippen LogP contribution in [0.4, 0.5) is 0 Å². The SMILES string of the molecule is CCC(C)c1cccc2c3cc(CC(C)(C)C)ccc3n3c(-c4c(C)cccc4C)cnc3c12. The predicted molar refractivity (Wildman–Crippen MR) is 147 cm³/mol. The molecule has 5 aromatic rings. The van der Waals surface area contributed by atoms with Crippen molar-refractivity contribution in [1.29, 1.82) is 0 Å². The number of benzene rings is 3. The summed E-state index contributed by atoms with van der Waals surface area (Å²) in [5.41, 5.74) is 10.4. The van der Waals surface area contributed by atoms with E-state index in [0.29, 0.717) is 5.92 Å². The van der Waals surface area contributed by atoms with Gasteiger partial charge >= 0.3 is 0 Å². The Balaban J connectivity index is 1.97. The van der Waals surface area contributed by atoms with Crippen molar-refractivity contribution in [1.82, 2.24) is 9.38 Å². The average molecular weight is 449 g/mol. The quantitative estimate of drug-likeness (QED) is 0.251. The van der Waals surface area contributed by atoms with Gasteiger partial charge in [0.25, 0.3) is 0 Å². The third kappa shape index (κ3) is 3.70. The Bertz CT molecular complexity index is 1510. The molecule has 2 heterocycles. The summed E-state index contributed by atoms with van der Waals surface area (Å²) in [4.78, 5) is 5.08. The third-order valence-corrected chi connectivity index (χ3v) is 7.29. The number of pyridine rings is 1. The van der Waals surface area contributed by atoms with Gasteiger partial charge in [0.2, 0.25) is 0 Å². The second-order valence-corrected chi connectivity index (χ2v) is 11.2. The molecule has 2 aromatic heterocycles. The van der Waals surface area contributed by atoms with Crippen LogP contribution in [0.3, 0.4) is 0 Å². The summed E-state index contributed by atoms with van der Waals surface area (Å²) in [6, 6.07) is 20.4. The van der Waals surface area contributed by atoms with Gasteiger partial charge in [-0.05, 0) is 77.8 Å². The predicted octanol–water partition coefficient (Wildman–Crippen LogP) is 9.03. The van der Waals surface area contributed by atoms with Crippen LogP contribution in [-0.2, 0) is 6.42 Å². The maximum Gasteiger partial charge on any atom is 0.145 e. The van der Waals surface area contributed by atoms with Crippen LogP contribution in [0.1, 0.15) is 69.2 Å². The van der Waals surface area contributed by atoms with Crippen molar-refractivity contribution < 1.29 is 0 Å². The topological polar surface area (TPSA) is 17.3 Å². The van der Waals surface area contributed by atoms with E-state index in [1.807, 2.05) is 0 Å². The summed E-state index contributed by atoms with van der Waals surface area (Å²) in [6.07, 6.45) is 4.25. The number of hydrogen-bond acceptors (Lipinski definition) is 1. The van der Waals surface area contributed by atoms with Crippen molar-refractivity contribution >= 4 is 27.3 Å². The molecule has 1 unspecified atom stereocenters. The van der Waals surface area contributed by atoms with E-state index in [9.17, 15) is 0 Å². The number of imidazole rings is 1. The van der Waals surface area contributed by atoms with Gasteiger partial charge in [0.15, 0.2) is 0 Å². The van der Waals surface area contributed by atoms with Crippen molar-refractivity contribution in [2.24, 2.45) is 5.41 Å². The molecule has 1 atom stereocenters. The van der Waals surface area contributed by atoms with Crippen LogP contribution in [0.25, 0.3) is 38.6 Å². The Morgan fingerprint density at radius 1 is 0.912 bits per heavy atom.